The minimum absolute atomic E-state index is 0.278. The van der Waals surface area contributed by atoms with Crippen molar-refractivity contribution >= 4 is 11.9 Å². The molecule has 3 heterocycles. The number of carbonyl (C=O) groups excluding carboxylic acids is 2. The van der Waals surface area contributed by atoms with Crippen LogP contribution in [0.1, 0.15) is 13.8 Å². The number of hydrogen-bond donors (Lipinski definition) is 0. The van der Waals surface area contributed by atoms with E-state index in [2.05, 4.69) is 0 Å². The number of carbonyl (C=O) groups is 2. The van der Waals surface area contributed by atoms with E-state index in [1.807, 2.05) is 0 Å². The first-order valence-electron chi connectivity index (χ1n) is 5.67. The number of esters is 2. The van der Waals surface area contributed by atoms with Gasteiger partial charge in [-0.05, 0) is 0 Å². The number of methoxy groups -OCH3 is 1. The highest BCUT2D eigenvalue weighted by molar-refractivity contribution is 5.67. The van der Waals surface area contributed by atoms with E-state index in [0.717, 1.165) is 0 Å². The van der Waals surface area contributed by atoms with E-state index in [1.54, 1.807) is 0 Å². The molecule has 3 saturated heterocycles. The van der Waals surface area contributed by atoms with E-state index in [4.69, 9.17) is 23.7 Å². The van der Waals surface area contributed by atoms with Gasteiger partial charge in [0.2, 0.25) is 0 Å². The lowest BCUT2D eigenvalue weighted by Gasteiger charge is -2.49. The molecule has 0 spiro atoms. The first-order valence-corrected chi connectivity index (χ1v) is 5.67. The average Bonchev–Trinajstić information content (AvgIpc) is 2.31. The van der Waals surface area contributed by atoms with Gasteiger partial charge >= 0.3 is 11.9 Å². The first kappa shape index (κ1) is 13.3. The predicted octanol–water partition coefficient (Wildman–Crippen LogP) is -0.380. The summed E-state index contributed by atoms with van der Waals surface area (Å²) in [6.45, 7) is 2.86. The van der Waals surface area contributed by atoms with Crippen LogP contribution >= 0.6 is 0 Å². The van der Waals surface area contributed by atoms with Gasteiger partial charge in [0.05, 0.1) is 6.61 Å². The molecule has 0 aliphatic carbocycles. The minimum atomic E-state index is -0.705. The van der Waals surface area contributed by atoms with Gasteiger partial charge in [-0.2, -0.15) is 0 Å². The van der Waals surface area contributed by atoms with Gasteiger partial charge in [-0.1, -0.05) is 0 Å². The molecule has 3 aliphatic rings. The third kappa shape index (κ3) is 2.47. The summed E-state index contributed by atoms with van der Waals surface area (Å²) in [5, 5.41) is 0. The van der Waals surface area contributed by atoms with Crippen molar-refractivity contribution in [3.05, 3.63) is 0 Å². The van der Waals surface area contributed by atoms with E-state index in [9.17, 15) is 9.59 Å². The van der Waals surface area contributed by atoms with Crippen LogP contribution < -0.4 is 0 Å². The molecule has 0 aromatic rings. The second-order valence-corrected chi connectivity index (χ2v) is 4.22. The molecule has 0 unspecified atom stereocenters. The Labute approximate surface area is 104 Å². The van der Waals surface area contributed by atoms with Crippen LogP contribution in [0.2, 0.25) is 0 Å². The van der Waals surface area contributed by atoms with Crippen molar-refractivity contribution in [3.63, 3.8) is 0 Å². The summed E-state index contributed by atoms with van der Waals surface area (Å²) in [7, 11) is 1.47. The Morgan fingerprint density at radius 3 is 2.28 bits per heavy atom. The summed E-state index contributed by atoms with van der Waals surface area (Å²) in [5.41, 5.74) is 0. The zero-order chi connectivity index (χ0) is 13.3. The SMILES string of the molecule is CO[C@H]1O[C@@H]2CO[C@H]1[C@H](OC(C)=O)[C@@H]2OC(C)=O. The zero-order valence-electron chi connectivity index (χ0n) is 10.5. The van der Waals surface area contributed by atoms with Gasteiger partial charge in [0.15, 0.2) is 18.5 Å². The van der Waals surface area contributed by atoms with Crippen molar-refractivity contribution in [2.45, 2.75) is 44.6 Å². The van der Waals surface area contributed by atoms with Crippen LogP contribution in [0.25, 0.3) is 0 Å². The van der Waals surface area contributed by atoms with Gasteiger partial charge in [-0.15, -0.1) is 0 Å². The molecular weight excluding hydrogens is 244 g/mol. The van der Waals surface area contributed by atoms with E-state index >= 15 is 0 Å². The lowest BCUT2D eigenvalue weighted by Crippen LogP contribution is -2.67. The Morgan fingerprint density at radius 1 is 1.11 bits per heavy atom. The quantitative estimate of drug-likeness (QED) is 0.640. The van der Waals surface area contributed by atoms with Gasteiger partial charge in [-0.3, -0.25) is 9.59 Å². The molecule has 18 heavy (non-hydrogen) atoms. The molecule has 0 amide bonds. The minimum Gasteiger partial charge on any atom is -0.456 e. The summed E-state index contributed by atoms with van der Waals surface area (Å²) in [6.07, 6.45) is -3.07. The fraction of sp³-hybridized carbons (Fsp3) is 0.818. The molecular formula is C11H16O7. The van der Waals surface area contributed by atoms with E-state index in [1.165, 1.54) is 21.0 Å². The average molecular weight is 260 g/mol. The highest BCUT2D eigenvalue weighted by atomic mass is 16.7. The third-order valence-corrected chi connectivity index (χ3v) is 2.88. The maximum absolute atomic E-state index is 11.1. The normalized spacial score (nSPS) is 38.3. The Kier molecular flexibility index (Phi) is 3.84. The topological polar surface area (TPSA) is 80.3 Å². The standard InChI is InChI=1S/C11H16O7/c1-5(12)16-8-7-4-15-10(11(14-3)18-7)9(8)17-6(2)13/h7-11H,4H2,1-3H3/t7-,8-,9-,10+,11+/m1/s1. The van der Waals surface area contributed by atoms with Gasteiger partial charge in [0.1, 0.15) is 12.2 Å². The van der Waals surface area contributed by atoms with Gasteiger partial charge in [-0.25, -0.2) is 0 Å². The molecule has 7 nitrogen and oxygen atoms in total. The van der Waals surface area contributed by atoms with Crippen molar-refractivity contribution in [1.82, 2.24) is 0 Å². The Hall–Kier alpha value is -1.18. The van der Waals surface area contributed by atoms with Crippen molar-refractivity contribution in [3.8, 4) is 0 Å². The van der Waals surface area contributed by atoms with Crippen molar-refractivity contribution in [2.75, 3.05) is 13.7 Å². The van der Waals surface area contributed by atoms with Crippen molar-refractivity contribution < 1.29 is 33.3 Å². The first-order chi connectivity index (χ1) is 8.52. The van der Waals surface area contributed by atoms with Gasteiger partial charge in [0.25, 0.3) is 0 Å². The molecule has 3 fully saturated rings. The molecule has 102 valence electrons. The molecule has 3 aliphatic heterocycles. The maximum atomic E-state index is 11.1. The van der Waals surface area contributed by atoms with E-state index in [0.29, 0.717) is 0 Å². The Bertz CT molecular complexity index is 342. The Balaban J connectivity index is 2.17. The number of rotatable bonds is 3. The summed E-state index contributed by atoms with van der Waals surface area (Å²) in [6, 6.07) is 0. The predicted molar refractivity (Wildman–Crippen MR) is 56.5 cm³/mol. The third-order valence-electron chi connectivity index (χ3n) is 2.88. The zero-order valence-corrected chi connectivity index (χ0v) is 10.5. The molecule has 3 rings (SSSR count). The van der Waals surface area contributed by atoms with Crippen LogP contribution in [0.5, 0.6) is 0 Å². The molecule has 2 bridgehead atoms. The van der Waals surface area contributed by atoms with Crippen LogP contribution in [0.15, 0.2) is 0 Å². The summed E-state index contributed by atoms with van der Waals surface area (Å²) in [4.78, 5) is 22.2. The highest BCUT2D eigenvalue weighted by Crippen LogP contribution is 2.33. The lowest BCUT2D eigenvalue weighted by atomic mass is 9.95. The molecule has 5 atom stereocenters. The maximum Gasteiger partial charge on any atom is 0.303 e. The fourth-order valence-electron chi connectivity index (χ4n) is 2.24. The molecule has 0 saturated carbocycles. The molecule has 0 radical (unpaired) electrons. The molecule has 7 heteroatoms. The van der Waals surface area contributed by atoms with E-state index < -0.39 is 42.6 Å². The van der Waals surface area contributed by atoms with Gasteiger partial charge < -0.3 is 23.7 Å². The number of ether oxygens (including phenoxy) is 5. The summed E-state index contributed by atoms with van der Waals surface area (Å²) < 4.78 is 26.5. The van der Waals surface area contributed by atoms with Crippen LogP contribution in [0.3, 0.4) is 0 Å². The van der Waals surface area contributed by atoms with Gasteiger partial charge in [0, 0.05) is 21.0 Å². The van der Waals surface area contributed by atoms with Crippen LogP contribution in [0, 0.1) is 0 Å². The monoisotopic (exact) mass is 260 g/mol. The molecule has 0 aromatic heterocycles. The number of fused-ring (bicyclic) bond motifs is 3. The largest absolute Gasteiger partial charge is 0.456 e. The van der Waals surface area contributed by atoms with Crippen molar-refractivity contribution in [1.29, 1.82) is 0 Å². The van der Waals surface area contributed by atoms with Crippen LogP contribution in [-0.2, 0) is 33.3 Å². The molecule has 0 N–H and O–H groups in total. The lowest BCUT2D eigenvalue weighted by molar-refractivity contribution is -0.350. The highest BCUT2D eigenvalue weighted by Gasteiger charge is 2.55. The Morgan fingerprint density at radius 2 is 1.72 bits per heavy atom. The summed E-state index contributed by atoms with van der Waals surface area (Å²) >= 11 is 0. The number of hydrogen-bond acceptors (Lipinski definition) is 7. The second-order valence-electron chi connectivity index (χ2n) is 4.22. The second kappa shape index (κ2) is 5.21. The van der Waals surface area contributed by atoms with Crippen LogP contribution in [0.4, 0.5) is 0 Å². The summed E-state index contributed by atoms with van der Waals surface area (Å²) in [5.74, 6) is -0.926. The fourth-order valence-corrected chi connectivity index (χ4v) is 2.24. The smallest absolute Gasteiger partial charge is 0.303 e. The van der Waals surface area contributed by atoms with Crippen molar-refractivity contribution in [2.24, 2.45) is 0 Å². The van der Waals surface area contributed by atoms with E-state index in [-0.39, 0.29) is 6.61 Å². The van der Waals surface area contributed by atoms with Crippen LogP contribution in [-0.4, -0.2) is 56.4 Å². The molecule has 0 aromatic carbocycles.